The van der Waals surface area contributed by atoms with Crippen LogP contribution in [0.2, 0.25) is 0 Å². The molecule has 2 aliphatic rings. The molecule has 1 saturated carbocycles. The third-order valence-electron chi connectivity index (χ3n) is 8.36. The van der Waals surface area contributed by atoms with Crippen molar-refractivity contribution in [3.8, 4) is 0 Å². The van der Waals surface area contributed by atoms with Crippen molar-refractivity contribution in [3.63, 3.8) is 0 Å². The highest BCUT2D eigenvalue weighted by Gasteiger charge is 2.59. The van der Waals surface area contributed by atoms with E-state index in [1.807, 2.05) is 0 Å². The van der Waals surface area contributed by atoms with Gasteiger partial charge in [-0.2, -0.15) is 0 Å². The van der Waals surface area contributed by atoms with E-state index in [-0.39, 0.29) is 18.9 Å². The number of nitrogens with zero attached hydrogens (tertiary/aromatic N) is 3. The van der Waals surface area contributed by atoms with Crippen molar-refractivity contribution in [2.75, 3.05) is 13.7 Å². The van der Waals surface area contributed by atoms with Gasteiger partial charge in [0.1, 0.15) is 25.4 Å². The number of carbonyl (C=O) groups excluding carboxylic acids is 6. The second kappa shape index (κ2) is 18.1. The summed E-state index contributed by atoms with van der Waals surface area (Å²) in [6.07, 6.45) is 0.692. The first-order valence-corrected chi connectivity index (χ1v) is 17.5. The first kappa shape index (κ1) is 39.3. The van der Waals surface area contributed by atoms with Crippen LogP contribution in [0.3, 0.4) is 0 Å². The molecule has 51 heavy (non-hydrogen) atoms. The Balaban J connectivity index is 1.78. The zero-order chi connectivity index (χ0) is 37.1. The summed E-state index contributed by atoms with van der Waals surface area (Å²) in [7, 11) is 1.15. The van der Waals surface area contributed by atoms with Gasteiger partial charge in [-0.05, 0) is 25.0 Å². The van der Waals surface area contributed by atoms with Crippen molar-refractivity contribution >= 4 is 47.5 Å². The molecule has 2 aromatic rings. The van der Waals surface area contributed by atoms with E-state index in [1.54, 1.807) is 36.5 Å². The number of rotatable bonds is 14. The Morgan fingerprint density at radius 1 is 0.961 bits per heavy atom. The number of hydrogen-bond donors (Lipinski definition) is 1. The number of ether oxygens (including phenoxy) is 6. The highest BCUT2D eigenvalue weighted by atomic mass is 32.2. The van der Waals surface area contributed by atoms with Crippen LogP contribution in [0, 0.1) is 0 Å². The van der Waals surface area contributed by atoms with Crippen molar-refractivity contribution in [2.24, 2.45) is 0 Å². The minimum absolute atomic E-state index is 0.244. The molecule has 1 amide bonds. The number of thioether (sulfide) groups is 1. The lowest BCUT2D eigenvalue weighted by molar-refractivity contribution is -0.224. The molecular weight excluding hydrogens is 688 g/mol. The molecule has 1 aromatic carbocycles. The maximum absolute atomic E-state index is 13.7. The van der Waals surface area contributed by atoms with Gasteiger partial charge in [0.15, 0.2) is 12.2 Å². The van der Waals surface area contributed by atoms with Crippen LogP contribution in [-0.2, 0) is 63.7 Å². The predicted molar refractivity (Wildman–Crippen MR) is 178 cm³/mol. The molecular formula is C34H44N4O12S. The molecule has 4 rings (SSSR count). The molecule has 1 aliphatic heterocycles. The van der Waals surface area contributed by atoms with E-state index in [0.717, 1.165) is 84.4 Å². The minimum atomic E-state index is -1.95. The largest absolute Gasteiger partial charge is 0.466 e. The van der Waals surface area contributed by atoms with Crippen LogP contribution in [0.15, 0.2) is 41.4 Å². The van der Waals surface area contributed by atoms with Crippen LogP contribution < -0.4 is 5.32 Å². The molecule has 1 aromatic heterocycles. The van der Waals surface area contributed by atoms with Gasteiger partial charge < -0.3 is 33.7 Å². The van der Waals surface area contributed by atoms with Crippen molar-refractivity contribution in [3.05, 3.63) is 42.2 Å². The van der Waals surface area contributed by atoms with Crippen LogP contribution >= 0.6 is 11.8 Å². The molecule has 6 atom stereocenters. The highest BCUT2D eigenvalue weighted by Crippen LogP contribution is 2.46. The van der Waals surface area contributed by atoms with E-state index >= 15 is 0 Å². The van der Waals surface area contributed by atoms with E-state index in [2.05, 4.69) is 15.6 Å². The maximum Gasteiger partial charge on any atom is 0.349 e. The van der Waals surface area contributed by atoms with E-state index in [4.69, 9.17) is 28.4 Å². The van der Waals surface area contributed by atoms with Crippen LogP contribution in [-0.4, -0.2) is 99.9 Å². The van der Waals surface area contributed by atoms with Gasteiger partial charge in [0.05, 0.1) is 18.8 Å². The summed E-state index contributed by atoms with van der Waals surface area (Å²) in [4.78, 5) is 75.4. The molecule has 16 nitrogen and oxygen atoms in total. The fourth-order valence-electron chi connectivity index (χ4n) is 6.30. The SMILES string of the molecule is COC(=O)C1(Sc2ccccc2)C[C@H](OC(C)=O)[C@@H](NC(=O)Cn2cc(C3CCCCC3)nn2)[C@H](C(OC(C)=O)C(COC(C)=O)OC(C)=O)O1. The second-order valence-electron chi connectivity index (χ2n) is 12.4. The minimum Gasteiger partial charge on any atom is -0.466 e. The zero-order valence-electron chi connectivity index (χ0n) is 29.2. The standard InChI is InChI=1S/C34H44N4O12S/c1-20(39)46-19-28(48-22(3)41)31(49-23(4)42)32-30(35-29(43)18-38-17-26(36-37-38)24-12-8-6-9-13-24)27(47-21(2)40)16-34(50-32,33(44)45-5)51-25-14-10-7-11-15-25/h7,10-11,14-15,17,24,27-28,30-32H,6,8-9,12-13,16,18-19H2,1-5H3,(H,35,43)/t27-,28?,30+,31?,32+,34?/m0/s1. The van der Waals surface area contributed by atoms with Gasteiger partial charge in [0, 0.05) is 51.1 Å². The van der Waals surface area contributed by atoms with Crippen molar-refractivity contribution < 1.29 is 57.2 Å². The van der Waals surface area contributed by atoms with Crippen LogP contribution in [0.25, 0.3) is 0 Å². The average molecular weight is 733 g/mol. The number of hydrogen-bond acceptors (Lipinski definition) is 15. The Kier molecular flexibility index (Phi) is 14.0. The summed E-state index contributed by atoms with van der Waals surface area (Å²) in [5.74, 6) is -4.42. The van der Waals surface area contributed by atoms with Gasteiger partial charge in [0.25, 0.3) is 0 Å². The van der Waals surface area contributed by atoms with Crippen molar-refractivity contribution in [2.45, 2.75) is 119 Å². The molecule has 2 fully saturated rings. The van der Waals surface area contributed by atoms with Gasteiger partial charge in [-0.1, -0.05) is 54.4 Å². The molecule has 1 N–H and O–H groups in total. The van der Waals surface area contributed by atoms with Gasteiger partial charge in [-0.15, -0.1) is 5.10 Å². The van der Waals surface area contributed by atoms with Gasteiger partial charge in [0.2, 0.25) is 10.8 Å². The van der Waals surface area contributed by atoms with Gasteiger partial charge in [-0.3, -0.25) is 24.0 Å². The smallest absolute Gasteiger partial charge is 0.349 e. The Bertz CT molecular complexity index is 1550. The lowest BCUT2D eigenvalue weighted by atomic mass is 9.87. The predicted octanol–water partition coefficient (Wildman–Crippen LogP) is 2.62. The first-order valence-electron chi connectivity index (χ1n) is 16.6. The summed E-state index contributed by atoms with van der Waals surface area (Å²) < 4.78 is 35.2. The topological polar surface area (TPSA) is 201 Å². The van der Waals surface area contributed by atoms with Crippen molar-refractivity contribution in [1.29, 1.82) is 0 Å². The summed E-state index contributed by atoms with van der Waals surface area (Å²) in [6.45, 7) is 3.58. The summed E-state index contributed by atoms with van der Waals surface area (Å²) in [5.41, 5.74) is 0.782. The molecule has 278 valence electrons. The molecule has 3 unspecified atom stereocenters. The fraction of sp³-hybridized carbons (Fsp3) is 0.588. The number of carbonyl (C=O) groups is 6. The maximum atomic E-state index is 13.7. The Morgan fingerprint density at radius 3 is 2.25 bits per heavy atom. The molecule has 0 spiro atoms. The number of esters is 5. The molecule has 0 radical (unpaired) electrons. The Morgan fingerprint density at radius 2 is 1.65 bits per heavy atom. The first-order chi connectivity index (χ1) is 24.3. The van der Waals surface area contributed by atoms with Gasteiger partial charge in [-0.25, -0.2) is 9.48 Å². The average Bonchev–Trinajstić information content (AvgIpc) is 3.55. The number of amides is 1. The third kappa shape index (κ3) is 11.0. The fourth-order valence-corrected chi connectivity index (χ4v) is 7.55. The summed E-state index contributed by atoms with van der Waals surface area (Å²) >= 11 is 0.942. The monoisotopic (exact) mass is 732 g/mol. The molecule has 0 bridgehead atoms. The lowest BCUT2D eigenvalue weighted by Crippen LogP contribution is -2.68. The Labute approximate surface area is 299 Å². The van der Waals surface area contributed by atoms with Crippen molar-refractivity contribution in [1.82, 2.24) is 20.3 Å². The van der Waals surface area contributed by atoms with Crippen LogP contribution in [0.5, 0.6) is 0 Å². The lowest BCUT2D eigenvalue weighted by Gasteiger charge is -2.48. The highest BCUT2D eigenvalue weighted by molar-refractivity contribution is 8.01. The molecule has 1 aliphatic carbocycles. The second-order valence-corrected chi connectivity index (χ2v) is 13.7. The van der Waals surface area contributed by atoms with E-state index < -0.39 is 77.8 Å². The van der Waals surface area contributed by atoms with Gasteiger partial charge >= 0.3 is 29.8 Å². The molecule has 17 heteroatoms. The van der Waals surface area contributed by atoms with Crippen LogP contribution in [0.4, 0.5) is 0 Å². The zero-order valence-corrected chi connectivity index (χ0v) is 30.1. The normalized spacial score (nSPS) is 23.2. The Hall–Kier alpha value is -4.51. The summed E-state index contributed by atoms with van der Waals surface area (Å²) in [5, 5.41) is 11.2. The van der Waals surface area contributed by atoms with Crippen LogP contribution in [0.1, 0.15) is 77.8 Å². The number of aromatic nitrogens is 3. The number of methoxy groups -OCH3 is 1. The molecule has 1 saturated heterocycles. The number of nitrogens with one attached hydrogen (secondary N) is 1. The van der Waals surface area contributed by atoms with E-state index in [1.165, 1.54) is 4.68 Å². The summed E-state index contributed by atoms with van der Waals surface area (Å²) in [6, 6.07) is 7.36. The number of benzene rings is 1. The third-order valence-corrected chi connectivity index (χ3v) is 9.63. The van der Waals surface area contributed by atoms with E-state index in [9.17, 15) is 28.8 Å². The molecule has 2 heterocycles. The quantitative estimate of drug-likeness (QED) is 0.219. The van der Waals surface area contributed by atoms with E-state index in [0.29, 0.717) is 4.90 Å².